The fourth-order valence-electron chi connectivity index (χ4n) is 6.43. The predicted molar refractivity (Wildman–Crippen MR) is 160 cm³/mol. The van der Waals surface area contributed by atoms with Crippen LogP contribution in [0.2, 0.25) is 0 Å². The Morgan fingerprint density at radius 2 is 1.78 bits per heavy atom. The molecule has 1 N–H and O–H groups in total. The third kappa shape index (κ3) is 6.75. The number of carbonyl (C=O) groups is 1. The van der Waals surface area contributed by atoms with Gasteiger partial charge in [-0.15, -0.1) is 0 Å². The van der Waals surface area contributed by atoms with E-state index >= 15 is 4.39 Å². The number of piperidine rings is 1. The molecule has 3 aromatic carbocycles. The fraction of sp³-hybridized carbons (Fsp3) is 0.457. The molecule has 3 atom stereocenters. The first-order chi connectivity index (χ1) is 19.7. The molecule has 0 amide bonds. The lowest BCUT2D eigenvalue weighted by Crippen LogP contribution is -2.43. The highest BCUT2D eigenvalue weighted by Crippen LogP contribution is 2.57. The van der Waals surface area contributed by atoms with Crippen LogP contribution >= 0.6 is 0 Å². The number of likely N-dealkylation sites (tertiary alicyclic amines) is 1. The zero-order valence-electron chi connectivity index (χ0n) is 24.7. The van der Waals surface area contributed by atoms with Crippen molar-refractivity contribution < 1.29 is 23.8 Å². The van der Waals surface area contributed by atoms with Crippen LogP contribution < -0.4 is 9.47 Å². The van der Waals surface area contributed by atoms with E-state index < -0.39 is 5.97 Å². The second-order valence-corrected chi connectivity index (χ2v) is 12.3. The Hall–Kier alpha value is -3.38. The smallest absolute Gasteiger partial charge is 0.303 e. The van der Waals surface area contributed by atoms with E-state index in [4.69, 9.17) is 9.47 Å². The molecule has 0 aromatic heterocycles. The molecule has 0 unspecified atom stereocenters. The Morgan fingerprint density at radius 3 is 2.46 bits per heavy atom. The van der Waals surface area contributed by atoms with Crippen molar-refractivity contribution in [2.75, 3.05) is 7.11 Å². The van der Waals surface area contributed by atoms with E-state index in [0.29, 0.717) is 30.0 Å². The normalized spacial score (nSPS) is 20.8. The third-order valence-corrected chi connectivity index (χ3v) is 9.29. The molecular formula is C35H42FNO4. The van der Waals surface area contributed by atoms with Crippen molar-refractivity contribution in [3.63, 3.8) is 0 Å². The SMILES string of the molecule is COc1ccc(F)c(-c2ccc(COc3cccc([C@@H](CC(=O)O)C4(C)CC4)c3)cc2CN2[C@H](C)CCC[C@H]2C)c1. The molecule has 5 nitrogen and oxygen atoms in total. The lowest BCUT2D eigenvalue weighted by atomic mass is 9.82. The zero-order valence-corrected chi connectivity index (χ0v) is 24.7. The summed E-state index contributed by atoms with van der Waals surface area (Å²) in [5.41, 5.74) is 4.53. The number of carboxylic acids is 1. The number of methoxy groups -OCH3 is 1. The van der Waals surface area contributed by atoms with E-state index in [1.54, 1.807) is 19.2 Å². The Labute approximate surface area is 243 Å². The number of hydrogen-bond donors (Lipinski definition) is 1. The largest absolute Gasteiger partial charge is 0.497 e. The summed E-state index contributed by atoms with van der Waals surface area (Å²) in [4.78, 5) is 14.1. The molecule has 5 rings (SSSR count). The average Bonchev–Trinajstić information content (AvgIpc) is 3.71. The Morgan fingerprint density at radius 1 is 1.02 bits per heavy atom. The van der Waals surface area contributed by atoms with Crippen LogP contribution in [0, 0.1) is 11.2 Å². The van der Waals surface area contributed by atoms with Crippen molar-refractivity contribution in [1.82, 2.24) is 4.90 Å². The van der Waals surface area contributed by atoms with Crippen molar-refractivity contribution in [2.24, 2.45) is 5.41 Å². The molecule has 2 fully saturated rings. The zero-order chi connectivity index (χ0) is 29.1. The number of halogens is 1. The van der Waals surface area contributed by atoms with Crippen LogP contribution in [0.3, 0.4) is 0 Å². The Balaban J connectivity index is 1.41. The van der Waals surface area contributed by atoms with Gasteiger partial charge in [0, 0.05) is 24.2 Å². The summed E-state index contributed by atoms with van der Waals surface area (Å²) in [7, 11) is 1.60. The van der Waals surface area contributed by atoms with Crippen molar-refractivity contribution in [3.05, 3.63) is 83.2 Å². The first kappa shape index (κ1) is 29.1. The second kappa shape index (κ2) is 12.2. The van der Waals surface area contributed by atoms with E-state index in [9.17, 15) is 9.90 Å². The van der Waals surface area contributed by atoms with E-state index in [2.05, 4.69) is 31.7 Å². The molecule has 0 bridgehead atoms. The van der Waals surface area contributed by atoms with Crippen LogP contribution in [0.15, 0.2) is 60.7 Å². The number of benzene rings is 3. The van der Waals surface area contributed by atoms with Gasteiger partial charge in [0.1, 0.15) is 23.9 Å². The second-order valence-electron chi connectivity index (χ2n) is 12.3. The molecule has 0 radical (unpaired) electrons. The van der Waals surface area contributed by atoms with Crippen LogP contribution in [0.5, 0.6) is 11.5 Å². The Kier molecular flexibility index (Phi) is 8.69. The molecule has 1 aliphatic carbocycles. The van der Waals surface area contributed by atoms with Crippen molar-refractivity contribution in [2.45, 2.75) is 90.4 Å². The number of carboxylic acid groups (broad SMARTS) is 1. The number of nitrogens with zero attached hydrogens (tertiary/aromatic N) is 1. The summed E-state index contributed by atoms with van der Waals surface area (Å²) in [5.74, 6) is 0.283. The average molecular weight is 560 g/mol. The van der Waals surface area contributed by atoms with E-state index in [1.165, 1.54) is 12.5 Å². The van der Waals surface area contributed by atoms with Gasteiger partial charge >= 0.3 is 5.97 Å². The molecule has 1 heterocycles. The molecule has 1 saturated carbocycles. The van der Waals surface area contributed by atoms with Crippen LogP contribution in [-0.4, -0.2) is 35.2 Å². The van der Waals surface area contributed by atoms with Gasteiger partial charge in [-0.1, -0.05) is 43.7 Å². The third-order valence-electron chi connectivity index (χ3n) is 9.29. The highest BCUT2D eigenvalue weighted by atomic mass is 19.1. The fourth-order valence-corrected chi connectivity index (χ4v) is 6.43. The minimum Gasteiger partial charge on any atom is -0.497 e. The molecule has 1 saturated heterocycles. The summed E-state index contributed by atoms with van der Waals surface area (Å²) < 4.78 is 26.8. The van der Waals surface area contributed by atoms with Crippen molar-refractivity contribution >= 4 is 5.97 Å². The molecule has 3 aromatic rings. The number of rotatable bonds is 11. The van der Waals surface area contributed by atoms with Gasteiger partial charge < -0.3 is 14.6 Å². The number of ether oxygens (including phenoxy) is 2. The predicted octanol–water partition coefficient (Wildman–Crippen LogP) is 8.20. The quantitative estimate of drug-likeness (QED) is 0.257. The van der Waals surface area contributed by atoms with Crippen LogP contribution in [0.4, 0.5) is 4.39 Å². The van der Waals surface area contributed by atoms with Gasteiger partial charge in [-0.25, -0.2) is 4.39 Å². The maximum atomic E-state index is 15.1. The summed E-state index contributed by atoms with van der Waals surface area (Å²) >= 11 is 0. The lowest BCUT2D eigenvalue weighted by Gasteiger charge is -2.39. The minimum absolute atomic E-state index is 0.0271. The highest BCUT2D eigenvalue weighted by Gasteiger charge is 2.46. The van der Waals surface area contributed by atoms with Crippen LogP contribution in [-0.2, 0) is 17.9 Å². The van der Waals surface area contributed by atoms with Crippen molar-refractivity contribution in [1.29, 1.82) is 0 Å². The van der Waals surface area contributed by atoms with Gasteiger partial charge in [0.25, 0.3) is 0 Å². The Bertz CT molecular complexity index is 1370. The maximum absolute atomic E-state index is 15.1. The first-order valence-corrected chi connectivity index (χ1v) is 14.8. The molecular weight excluding hydrogens is 517 g/mol. The minimum atomic E-state index is -0.771. The standard InChI is InChI=1S/C35H42FNO4/c1-23-7-5-8-24(2)37(23)21-27-17-25(11-13-30(27)31-19-28(40-4)12-14-33(31)36)22-41-29-10-6-9-26(18-29)32(20-34(38)39)35(3)15-16-35/h6,9-14,17-19,23-24,32H,5,7-8,15-16,20-22H2,1-4H3,(H,38,39)/t23-,24-,32-/m1/s1. The maximum Gasteiger partial charge on any atom is 0.303 e. The number of hydrogen-bond acceptors (Lipinski definition) is 4. The van der Waals surface area contributed by atoms with Gasteiger partial charge in [-0.3, -0.25) is 9.69 Å². The van der Waals surface area contributed by atoms with Crippen molar-refractivity contribution in [3.8, 4) is 22.6 Å². The van der Waals surface area contributed by atoms with Gasteiger partial charge in [0.15, 0.2) is 0 Å². The van der Waals surface area contributed by atoms with E-state index in [1.807, 2.05) is 36.4 Å². The van der Waals surface area contributed by atoms with Crippen LogP contribution in [0.1, 0.15) is 81.9 Å². The summed E-state index contributed by atoms with van der Waals surface area (Å²) in [5, 5.41) is 9.52. The molecule has 6 heteroatoms. The lowest BCUT2D eigenvalue weighted by molar-refractivity contribution is -0.137. The summed E-state index contributed by atoms with van der Waals surface area (Å²) in [6.07, 6.45) is 5.78. The highest BCUT2D eigenvalue weighted by molar-refractivity contribution is 5.70. The molecule has 0 spiro atoms. The molecule has 2 aliphatic rings. The molecule has 1 aliphatic heterocycles. The van der Waals surface area contributed by atoms with Crippen LogP contribution in [0.25, 0.3) is 11.1 Å². The summed E-state index contributed by atoms with van der Waals surface area (Å²) in [6.45, 7) is 7.82. The summed E-state index contributed by atoms with van der Waals surface area (Å²) in [6, 6.07) is 19.8. The first-order valence-electron chi connectivity index (χ1n) is 14.8. The molecule has 218 valence electrons. The van der Waals surface area contributed by atoms with Gasteiger partial charge in [0.05, 0.1) is 13.5 Å². The molecule has 41 heavy (non-hydrogen) atoms. The topological polar surface area (TPSA) is 59.0 Å². The van der Waals surface area contributed by atoms with Gasteiger partial charge in [-0.05, 0) is 103 Å². The van der Waals surface area contributed by atoms with Gasteiger partial charge in [0.2, 0.25) is 0 Å². The van der Waals surface area contributed by atoms with Gasteiger partial charge in [-0.2, -0.15) is 0 Å². The number of aliphatic carboxylic acids is 1. The monoisotopic (exact) mass is 559 g/mol. The van der Waals surface area contributed by atoms with E-state index in [0.717, 1.165) is 60.2 Å². The van der Waals surface area contributed by atoms with E-state index in [-0.39, 0.29) is 23.6 Å².